The Kier molecular flexibility index (Phi) is 6.60. The van der Waals surface area contributed by atoms with Crippen molar-refractivity contribution in [3.63, 3.8) is 0 Å². The first-order valence-electron chi connectivity index (χ1n) is 8.91. The molecule has 27 heavy (non-hydrogen) atoms. The number of nitrogens with zero attached hydrogens (tertiary/aromatic N) is 2. The van der Waals surface area contributed by atoms with Gasteiger partial charge in [0.1, 0.15) is 23.3 Å². The van der Waals surface area contributed by atoms with Gasteiger partial charge in [-0.05, 0) is 49.1 Å². The van der Waals surface area contributed by atoms with Crippen LogP contribution in [-0.4, -0.2) is 23.1 Å². The molecule has 6 heteroatoms. The molecular formula is C21H22ClFN4. The molecule has 0 atom stereocenters. The Morgan fingerprint density at radius 2 is 1.52 bits per heavy atom. The van der Waals surface area contributed by atoms with E-state index in [9.17, 15) is 4.39 Å². The van der Waals surface area contributed by atoms with Gasteiger partial charge in [-0.15, -0.1) is 0 Å². The third-order valence-corrected chi connectivity index (χ3v) is 4.38. The molecule has 2 aromatic carbocycles. The third kappa shape index (κ3) is 5.93. The lowest BCUT2D eigenvalue weighted by molar-refractivity contribution is 0.610. The van der Waals surface area contributed by atoms with Crippen LogP contribution in [-0.2, 0) is 12.8 Å². The molecule has 0 aliphatic rings. The molecule has 0 saturated heterocycles. The largest absolute Gasteiger partial charge is 0.370 e. The van der Waals surface area contributed by atoms with Crippen LogP contribution in [0.5, 0.6) is 0 Å². The number of aryl methyl sites for hydroxylation is 1. The normalized spacial score (nSPS) is 10.6. The van der Waals surface area contributed by atoms with Crippen LogP contribution in [0, 0.1) is 12.7 Å². The first-order valence-corrected chi connectivity index (χ1v) is 9.29. The summed E-state index contributed by atoms with van der Waals surface area (Å²) in [4.78, 5) is 8.81. The van der Waals surface area contributed by atoms with Gasteiger partial charge in [-0.3, -0.25) is 0 Å². The quantitative estimate of drug-likeness (QED) is 0.580. The maximum Gasteiger partial charge on any atom is 0.131 e. The van der Waals surface area contributed by atoms with Gasteiger partial charge < -0.3 is 10.6 Å². The van der Waals surface area contributed by atoms with E-state index in [1.54, 1.807) is 12.1 Å². The lowest BCUT2D eigenvalue weighted by atomic mass is 10.1. The monoisotopic (exact) mass is 384 g/mol. The van der Waals surface area contributed by atoms with E-state index >= 15 is 0 Å². The molecule has 0 radical (unpaired) electrons. The summed E-state index contributed by atoms with van der Waals surface area (Å²) in [7, 11) is 0. The van der Waals surface area contributed by atoms with Crippen LogP contribution >= 0.6 is 11.6 Å². The fourth-order valence-corrected chi connectivity index (χ4v) is 2.89. The Balaban J connectivity index is 1.52. The molecule has 140 valence electrons. The molecule has 0 saturated carbocycles. The highest BCUT2D eigenvalue weighted by molar-refractivity contribution is 6.30. The van der Waals surface area contributed by atoms with Gasteiger partial charge in [-0.2, -0.15) is 0 Å². The number of rotatable bonds is 8. The second-order valence-corrected chi connectivity index (χ2v) is 6.69. The minimum atomic E-state index is -0.178. The number of anilines is 2. The Morgan fingerprint density at radius 3 is 2.19 bits per heavy atom. The summed E-state index contributed by atoms with van der Waals surface area (Å²) in [5, 5.41) is 7.31. The summed E-state index contributed by atoms with van der Waals surface area (Å²) >= 11 is 5.91. The van der Waals surface area contributed by atoms with Crippen LogP contribution in [0.15, 0.2) is 54.6 Å². The van der Waals surface area contributed by atoms with E-state index in [1.807, 2.05) is 43.3 Å². The van der Waals surface area contributed by atoms with Gasteiger partial charge in [-0.1, -0.05) is 41.9 Å². The Bertz CT molecular complexity index is 884. The van der Waals surface area contributed by atoms with Gasteiger partial charge in [0.05, 0.1) is 0 Å². The van der Waals surface area contributed by atoms with Crippen LogP contribution in [0.2, 0.25) is 5.02 Å². The van der Waals surface area contributed by atoms with E-state index in [2.05, 4.69) is 20.6 Å². The smallest absolute Gasteiger partial charge is 0.131 e. The zero-order chi connectivity index (χ0) is 19.1. The number of benzene rings is 2. The molecule has 2 N–H and O–H groups in total. The van der Waals surface area contributed by atoms with Crippen LogP contribution in [0.4, 0.5) is 16.0 Å². The highest BCUT2D eigenvalue weighted by atomic mass is 35.5. The highest BCUT2D eigenvalue weighted by Crippen LogP contribution is 2.14. The van der Waals surface area contributed by atoms with Crippen molar-refractivity contribution in [2.45, 2.75) is 19.8 Å². The highest BCUT2D eigenvalue weighted by Gasteiger charge is 2.04. The van der Waals surface area contributed by atoms with Crippen molar-refractivity contribution in [1.29, 1.82) is 0 Å². The molecule has 0 amide bonds. The molecule has 0 aliphatic heterocycles. The summed E-state index contributed by atoms with van der Waals surface area (Å²) in [5.74, 6) is 2.00. The lowest BCUT2D eigenvalue weighted by Gasteiger charge is -2.11. The number of hydrogen-bond donors (Lipinski definition) is 2. The number of hydrogen-bond acceptors (Lipinski definition) is 4. The van der Waals surface area contributed by atoms with Gasteiger partial charge in [-0.25, -0.2) is 14.4 Å². The fourth-order valence-electron chi connectivity index (χ4n) is 2.76. The van der Waals surface area contributed by atoms with Crippen LogP contribution in [0.3, 0.4) is 0 Å². The third-order valence-electron chi connectivity index (χ3n) is 4.13. The van der Waals surface area contributed by atoms with Gasteiger partial charge in [0.25, 0.3) is 0 Å². The maximum absolute atomic E-state index is 13.7. The van der Waals surface area contributed by atoms with Crippen molar-refractivity contribution in [3.8, 4) is 0 Å². The van der Waals surface area contributed by atoms with Gasteiger partial charge in [0.2, 0.25) is 0 Å². The number of nitrogens with one attached hydrogen (secondary N) is 2. The van der Waals surface area contributed by atoms with Gasteiger partial charge in [0.15, 0.2) is 0 Å². The second kappa shape index (κ2) is 9.33. The molecule has 3 aromatic rings. The van der Waals surface area contributed by atoms with Crippen molar-refractivity contribution in [1.82, 2.24) is 9.97 Å². The van der Waals surface area contributed by atoms with Crippen LogP contribution in [0.25, 0.3) is 0 Å². The SMILES string of the molecule is Cc1nc(NCCc2ccc(Cl)cc2)cc(NCCc2ccccc2F)n1. The zero-order valence-corrected chi connectivity index (χ0v) is 15.9. The Morgan fingerprint density at radius 1 is 0.889 bits per heavy atom. The summed E-state index contributed by atoms with van der Waals surface area (Å²) in [6.07, 6.45) is 1.46. The minimum absolute atomic E-state index is 0.178. The standard InChI is InChI=1S/C21H22ClFN4/c1-15-26-20(24-12-10-16-6-8-18(22)9-7-16)14-21(27-15)25-13-11-17-4-2-3-5-19(17)23/h2-9,14H,10-13H2,1H3,(H2,24,25,26,27). The number of halogens is 2. The Labute approximate surface area is 163 Å². The van der Waals surface area contributed by atoms with E-state index < -0.39 is 0 Å². The average molecular weight is 385 g/mol. The maximum atomic E-state index is 13.7. The number of aromatic nitrogens is 2. The lowest BCUT2D eigenvalue weighted by Crippen LogP contribution is -2.11. The molecule has 1 heterocycles. The first-order chi connectivity index (χ1) is 13.1. The van der Waals surface area contributed by atoms with Crippen LogP contribution in [0.1, 0.15) is 17.0 Å². The zero-order valence-electron chi connectivity index (χ0n) is 15.2. The van der Waals surface area contributed by atoms with Gasteiger partial charge in [0, 0.05) is 24.2 Å². The molecule has 0 aliphatic carbocycles. The van der Waals surface area contributed by atoms with E-state index in [0.29, 0.717) is 24.4 Å². The van der Waals surface area contributed by atoms with E-state index in [4.69, 9.17) is 11.6 Å². The Hall–Kier alpha value is -2.66. The predicted molar refractivity (Wildman–Crippen MR) is 109 cm³/mol. The van der Waals surface area contributed by atoms with Crippen molar-refractivity contribution < 1.29 is 4.39 Å². The molecule has 4 nitrogen and oxygen atoms in total. The van der Waals surface area contributed by atoms with E-state index in [0.717, 1.165) is 29.6 Å². The van der Waals surface area contributed by atoms with Crippen molar-refractivity contribution in [3.05, 3.63) is 82.4 Å². The topological polar surface area (TPSA) is 49.8 Å². The summed E-state index contributed by atoms with van der Waals surface area (Å²) in [5.41, 5.74) is 1.90. The molecule has 0 fully saturated rings. The van der Waals surface area contributed by atoms with E-state index in [-0.39, 0.29) is 5.82 Å². The second-order valence-electron chi connectivity index (χ2n) is 6.26. The van der Waals surface area contributed by atoms with Crippen molar-refractivity contribution in [2.24, 2.45) is 0 Å². The van der Waals surface area contributed by atoms with E-state index in [1.165, 1.54) is 11.6 Å². The van der Waals surface area contributed by atoms with Crippen molar-refractivity contribution >= 4 is 23.2 Å². The summed E-state index contributed by atoms with van der Waals surface area (Å²) in [6, 6.07) is 16.5. The van der Waals surface area contributed by atoms with Crippen molar-refractivity contribution in [2.75, 3.05) is 23.7 Å². The molecule has 1 aromatic heterocycles. The summed E-state index contributed by atoms with van der Waals surface area (Å²) in [6.45, 7) is 3.21. The average Bonchev–Trinajstić information content (AvgIpc) is 2.65. The molecular weight excluding hydrogens is 363 g/mol. The molecule has 3 rings (SSSR count). The molecule has 0 spiro atoms. The first kappa shape index (κ1) is 19.1. The molecule has 0 bridgehead atoms. The van der Waals surface area contributed by atoms with Crippen LogP contribution < -0.4 is 10.6 Å². The molecule has 0 unspecified atom stereocenters. The summed E-state index contributed by atoms with van der Waals surface area (Å²) < 4.78 is 13.7. The fraction of sp³-hybridized carbons (Fsp3) is 0.238. The predicted octanol–water partition coefficient (Wildman–Crippen LogP) is 4.89. The minimum Gasteiger partial charge on any atom is -0.370 e. The van der Waals surface area contributed by atoms with Gasteiger partial charge >= 0.3 is 0 Å².